The first-order chi connectivity index (χ1) is 8.24. The summed E-state index contributed by atoms with van der Waals surface area (Å²) in [5.74, 6) is 3.27. The zero-order valence-corrected chi connectivity index (χ0v) is 10.4. The molecule has 1 aliphatic rings. The molecule has 0 aliphatic carbocycles. The Bertz CT molecular complexity index is 391. The predicted octanol–water partition coefficient (Wildman–Crippen LogP) is 2.34. The number of carbonyl (C=O) groups excluding carboxylic acids is 1. The van der Waals surface area contributed by atoms with Crippen molar-refractivity contribution in [1.29, 1.82) is 0 Å². The standard InChI is InChI=1S/C12H17N3OS/c13-12(16)15-11-3-1-2-10(6-11)14-7-9-4-5-17-8-9/h1-3,6,9,14H,4-5,7-8H2,(H3,13,15,16). The largest absolute Gasteiger partial charge is 0.385 e. The number of benzene rings is 1. The number of hydrogen-bond acceptors (Lipinski definition) is 3. The van der Waals surface area contributed by atoms with E-state index >= 15 is 0 Å². The number of urea groups is 1. The number of thioether (sulfide) groups is 1. The van der Waals surface area contributed by atoms with Gasteiger partial charge in [0.05, 0.1) is 0 Å². The average Bonchev–Trinajstić information content (AvgIpc) is 2.79. The van der Waals surface area contributed by atoms with E-state index in [2.05, 4.69) is 10.6 Å². The molecular formula is C12H17N3OS. The molecule has 1 heterocycles. The van der Waals surface area contributed by atoms with Crippen LogP contribution in [0.3, 0.4) is 0 Å². The maximum Gasteiger partial charge on any atom is 0.316 e. The third-order valence-corrected chi connectivity index (χ3v) is 3.98. The molecule has 4 N–H and O–H groups in total. The molecule has 1 aliphatic heterocycles. The maximum atomic E-state index is 10.7. The van der Waals surface area contributed by atoms with Crippen molar-refractivity contribution >= 4 is 29.2 Å². The third kappa shape index (κ3) is 3.85. The van der Waals surface area contributed by atoms with E-state index in [0.717, 1.165) is 23.8 Å². The molecule has 1 atom stereocenters. The quantitative estimate of drug-likeness (QED) is 0.769. The SMILES string of the molecule is NC(=O)Nc1cccc(NCC2CCSC2)c1. The van der Waals surface area contributed by atoms with Gasteiger partial charge in [0.25, 0.3) is 0 Å². The number of nitrogens with one attached hydrogen (secondary N) is 2. The number of hydrogen-bond donors (Lipinski definition) is 3. The van der Waals surface area contributed by atoms with E-state index < -0.39 is 6.03 Å². The first kappa shape index (κ1) is 12.1. The molecule has 0 spiro atoms. The van der Waals surface area contributed by atoms with Crippen LogP contribution in [0.2, 0.25) is 0 Å². The molecule has 17 heavy (non-hydrogen) atoms. The number of primary amides is 1. The van der Waals surface area contributed by atoms with Gasteiger partial charge in [-0.2, -0.15) is 11.8 Å². The van der Waals surface area contributed by atoms with Crippen molar-refractivity contribution in [3.05, 3.63) is 24.3 Å². The molecule has 0 bridgehead atoms. The van der Waals surface area contributed by atoms with Crippen LogP contribution in [0, 0.1) is 5.92 Å². The minimum absolute atomic E-state index is 0.533. The second-order valence-corrected chi connectivity index (χ2v) is 5.33. The second kappa shape index (κ2) is 5.82. The molecule has 2 rings (SSSR count). The van der Waals surface area contributed by atoms with Gasteiger partial charge in [0.2, 0.25) is 0 Å². The van der Waals surface area contributed by atoms with Gasteiger partial charge >= 0.3 is 6.03 Å². The van der Waals surface area contributed by atoms with Crippen LogP contribution in [0.4, 0.5) is 16.2 Å². The molecule has 1 aromatic carbocycles. The Morgan fingerprint density at radius 2 is 2.29 bits per heavy atom. The van der Waals surface area contributed by atoms with Gasteiger partial charge in [0.15, 0.2) is 0 Å². The summed E-state index contributed by atoms with van der Waals surface area (Å²) in [4.78, 5) is 10.7. The van der Waals surface area contributed by atoms with Gasteiger partial charge in [-0.25, -0.2) is 4.79 Å². The Morgan fingerprint density at radius 1 is 1.47 bits per heavy atom. The first-order valence-corrected chi connectivity index (χ1v) is 6.87. The summed E-state index contributed by atoms with van der Waals surface area (Å²) in [6.07, 6.45) is 1.29. The van der Waals surface area contributed by atoms with E-state index in [1.165, 1.54) is 17.9 Å². The smallest absolute Gasteiger partial charge is 0.316 e. The minimum Gasteiger partial charge on any atom is -0.385 e. The summed E-state index contributed by atoms with van der Waals surface area (Å²) in [7, 11) is 0. The van der Waals surface area contributed by atoms with Gasteiger partial charge in [-0.3, -0.25) is 0 Å². The van der Waals surface area contributed by atoms with Crippen LogP contribution >= 0.6 is 11.8 Å². The summed E-state index contributed by atoms with van der Waals surface area (Å²) >= 11 is 2.02. The minimum atomic E-state index is -0.533. The van der Waals surface area contributed by atoms with Crippen LogP contribution in [-0.4, -0.2) is 24.1 Å². The van der Waals surface area contributed by atoms with Crippen molar-refractivity contribution in [3.63, 3.8) is 0 Å². The zero-order valence-electron chi connectivity index (χ0n) is 9.61. The second-order valence-electron chi connectivity index (χ2n) is 4.18. The highest BCUT2D eigenvalue weighted by Crippen LogP contribution is 2.24. The molecule has 1 aromatic rings. The fourth-order valence-electron chi connectivity index (χ4n) is 1.86. The van der Waals surface area contributed by atoms with Crippen molar-refractivity contribution in [1.82, 2.24) is 0 Å². The topological polar surface area (TPSA) is 67.2 Å². The van der Waals surface area contributed by atoms with Crippen molar-refractivity contribution in [2.24, 2.45) is 11.7 Å². The van der Waals surface area contributed by atoms with E-state index in [0.29, 0.717) is 0 Å². The van der Waals surface area contributed by atoms with E-state index in [4.69, 9.17) is 5.73 Å². The van der Waals surface area contributed by atoms with Crippen LogP contribution in [0.25, 0.3) is 0 Å². The summed E-state index contributed by atoms with van der Waals surface area (Å²) in [6.45, 7) is 0.993. The molecule has 0 radical (unpaired) electrons. The highest BCUT2D eigenvalue weighted by atomic mass is 32.2. The van der Waals surface area contributed by atoms with Gasteiger partial charge < -0.3 is 16.4 Å². The molecule has 0 saturated carbocycles. The Labute approximate surface area is 105 Å². The monoisotopic (exact) mass is 251 g/mol. The van der Waals surface area contributed by atoms with Crippen LogP contribution in [0.5, 0.6) is 0 Å². The average molecular weight is 251 g/mol. The lowest BCUT2D eigenvalue weighted by Crippen LogP contribution is -2.19. The lowest BCUT2D eigenvalue weighted by atomic mass is 10.1. The van der Waals surface area contributed by atoms with Gasteiger partial charge in [-0.1, -0.05) is 6.07 Å². The first-order valence-electron chi connectivity index (χ1n) is 5.72. The van der Waals surface area contributed by atoms with Crippen LogP contribution in [-0.2, 0) is 0 Å². The van der Waals surface area contributed by atoms with E-state index in [-0.39, 0.29) is 0 Å². The van der Waals surface area contributed by atoms with E-state index in [9.17, 15) is 4.79 Å². The number of carbonyl (C=O) groups is 1. The zero-order chi connectivity index (χ0) is 12.1. The number of rotatable bonds is 4. The van der Waals surface area contributed by atoms with E-state index in [1.807, 2.05) is 36.0 Å². The Balaban J connectivity index is 1.88. The van der Waals surface area contributed by atoms with Crippen LogP contribution < -0.4 is 16.4 Å². The highest BCUT2D eigenvalue weighted by Gasteiger charge is 2.14. The lowest BCUT2D eigenvalue weighted by molar-refractivity contribution is 0.259. The van der Waals surface area contributed by atoms with Crippen molar-refractivity contribution in [2.75, 3.05) is 28.7 Å². The number of anilines is 2. The molecule has 1 saturated heterocycles. The van der Waals surface area contributed by atoms with Gasteiger partial charge in [0.1, 0.15) is 0 Å². The fourth-order valence-corrected chi connectivity index (χ4v) is 3.14. The Kier molecular flexibility index (Phi) is 4.14. The molecule has 1 unspecified atom stereocenters. The van der Waals surface area contributed by atoms with Crippen molar-refractivity contribution in [3.8, 4) is 0 Å². The molecule has 4 nitrogen and oxygen atoms in total. The van der Waals surface area contributed by atoms with E-state index in [1.54, 1.807) is 0 Å². The van der Waals surface area contributed by atoms with Crippen LogP contribution in [0.1, 0.15) is 6.42 Å². The highest BCUT2D eigenvalue weighted by molar-refractivity contribution is 7.99. The maximum absolute atomic E-state index is 10.7. The van der Waals surface area contributed by atoms with Crippen LogP contribution in [0.15, 0.2) is 24.3 Å². The molecule has 92 valence electrons. The number of nitrogens with two attached hydrogens (primary N) is 1. The third-order valence-electron chi connectivity index (χ3n) is 2.75. The molecule has 1 fully saturated rings. The summed E-state index contributed by atoms with van der Waals surface area (Å²) in [6, 6.07) is 7.08. The summed E-state index contributed by atoms with van der Waals surface area (Å²) in [5.41, 5.74) is 6.82. The molecule has 2 amide bonds. The van der Waals surface area contributed by atoms with Gasteiger partial charge in [-0.05, 0) is 42.0 Å². The molecule has 0 aromatic heterocycles. The van der Waals surface area contributed by atoms with Crippen molar-refractivity contribution in [2.45, 2.75) is 6.42 Å². The lowest BCUT2D eigenvalue weighted by Gasteiger charge is -2.12. The summed E-state index contributed by atoms with van der Waals surface area (Å²) < 4.78 is 0. The Hall–Kier alpha value is -1.36. The van der Waals surface area contributed by atoms with Crippen molar-refractivity contribution < 1.29 is 4.79 Å². The molecule has 5 heteroatoms. The Morgan fingerprint density at radius 3 is 3.00 bits per heavy atom. The van der Waals surface area contributed by atoms with Gasteiger partial charge in [0, 0.05) is 17.9 Å². The van der Waals surface area contributed by atoms with Gasteiger partial charge in [-0.15, -0.1) is 0 Å². The fraction of sp³-hybridized carbons (Fsp3) is 0.417. The normalized spacial score (nSPS) is 18.9. The molecular weight excluding hydrogens is 234 g/mol. The summed E-state index contributed by atoms with van der Waals surface area (Å²) in [5, 5.41) is 5.96. The number of amides is 2. The predicted molar refractivity (Wildman–Crippen MR) is 73.6 cm³/mol.